The van der Waals surface area contributed by atoms with Crippen LogP contribution in [0.2, 0.25) is 0 Å². The molecular formula is C38H58N6O9S. The fourth-order valence-electron chi connectivity index (χ4n) is 6.00. The van der Waals surface area contributed by atoms with Crippen molar-refractivity contribution in [1.82, 2.24) is 25.7 Å². The van der Waals surface area contributed by atoms with Gasteiger partial charge in [-0.15, -0.1) is 0 Å². The lowest BCUT2D eigenvalue weighted by atomic mass is 10.0. The van der Waals surface area contributed by atoms with Crippen LogP contribution in [0, 0.1) is 13.8 Å². The molecule has 3 amide bonds. The third kappa shape index (κ3) is 14.2. The van der Waals surface area contributed by atoms with Crippen LogP contribution in [0.5, 0.6) is 5.75 Å². The van der Waals surface area contributed by atoms with E-state index in [1.165, 1.54) is 0 Å². The number of unbranched alkanes of at least 4 members (excludes halogenated alkanes) is 2. The van der Waals surface area contributed by atoms with Crippen LogP contribution in [0.3, 0.4) is 0 Å². The van der Waals surface area contributed by atoms with Crippen molar-refractivity contribution in [3.63, 3.8) is 0 Å². The van der Waals surface area contributed by atoms with Crippen molar-refractivity contribution in [1.29, 1.82) is 0 Å². The lowest BCUT2D eigenvalue weighted by Crippen LogP contribution is -2.49. The molecule has 0 saturated heterocycles. The van der Waals surface area contributed by atoms with Gasteiger partial charge in [-0.3, -0.25) is 19.3 Å². The van der Waals surface area contributed by atoms with Crippen LogP contribution in [0.15, 0.2) is 29.2 Å². The minimum absolute atomic E-state index is 0.00930. The summed E-state index contributed by atoms with van der Waals surface area (Å²) in [5.41, 5.74) is 2.07. The Kier molecular flexibility index (Phi) is 17.1. The molecule has 2 aromatic rings. The molecule has 0 spiro atoms. The number of rotatable bonds is 20. The average Bonchev–Trinajstić information content (AvgIpc) is 3.10. The number of hydrogen-bond acceptors (Lipinski definition) is 11. The molecule has 3 rings (SSSR count). The zero-order valence-corrected chi connectivity index (χ0v) is 33.6. The summed E-state index contributed by atoms with van der Waals surface area (Å²) in [6, 6.07) is 5.81. The van der Waals surface area contributed by atoms with E-state index in [0.29, 0.717) is 68.0 Å². The predicted molar refractivity (Wildman–Crippen MR) is 205 cm³/mol. The molecule has 16 heteroatoms. The number of sulfonamides is 1. The van der Waals surface area contributed by atoms with E-state index in [2.05, 4.69) is 20.7 Å². The molecule has 1 aromatic heterocycles. The lowest BCUT2D eigenvalue weighted by Gasteiger charge is -2.31. The van der Waals surface area contributed by atoms with Gasteiger partial charge in [-0.1, -0.05) is 12.5 Å². The Bertz CT molecular complexity index is 1690. The monoisotopic (exact) mass is 774 g/mol. The van der Waals surface area contributed by atoms with E-state index >= 15 is 0 Å². The van der Waals surface area contributed by atoms with Gasteiger partial charge in [0, 0.05) is 44.7 Å². The van der Waals surface area contributed by atoms with Crippen molar-refractivity contribution < 1.29 is 41.8 Å². The molecule has 300 valence electrons. The first kappa shape index (κ1) is 44.1. The van der Waals surface area contributed by atoms with Crippen LogP contribution >= 0.6 is 0 Å². The van der Waals surface area contributed by atoms with E-state index in [1.807, 2.05) is 32.9 Å². The second-order valence-electron chi connectivity index (χ2n) is 14.4. The molecule has 0 bridgehead atoms. The Morgan fingerprint density at radius 1 is 0.944 bits per heavy atom. The van der Waals surface area contributed by atoms with Crippen molar-refractivity contribution in [2.45, 2.75) is 109 Å². The Hall–Kier alpha value is -4.28. The zero-order valence-electron chi connectivity index (χ0n) is 32.8. The van der Waals surface area contributed by atoms with Gasteiger partial charge in [0.25, 0.3) is 0 Å². The van der Waals surface area contributed by atoms with E-state index in [9.17, 15) is 27.6 Å². The summed E-state index contributed by atoms with van der Waals surface area (Å²) < 4.78 is 45.6. The predicted octanol–water partition coefficient (Wildman–Crippen LogP) is 3.62. The van der Waals surface area contributed by atoms with Crippen molar-refractivity contribution in [3.05, 3.63) is 46.6 Å². The summed E-state index contributed by atoms with van der Waals surface area (Å²) in [4.78, 5) is 56.3. The summed E-state index contributed by atoms with van der Waals surface area (Å²) in [5.74, 6) is -0.139. The molecular weight excluding hydrogens is 717 g/mol. The first-order valence-corrected chi connectivity index (χ1v) is 20.0. The number of carbonyl (C=O) groups excluding carboxylic acids is 4. The van der Waals surface area contributed by atoms with E-state index in [4.69, 9.17) is 19.2 Å². The van der Waals surface area contributed by atoms with Crippen molar-refractivity contribution >= 4 is 39.7 Å². The highest BCUT2D eigenvalue weighted by Crippen LogP contribution is 2.28. The highest BCUT2D eigenvalue weighted by molar-refractivity contribution is 7.89. The van der Waals surface area contributed by atoms with E-state index < -0.39 is 33.7 Å². The van der Waals surface area contributed by atoms with Crippen LogP contribution < -0.4 is 30.3 Å². The van der Waals surface area contributed by atoms with E-state index in [0.717, 1.165) is 44.1 Å². The SMILES string of the molecule is CNCCNC(=O)CCCOc1cc(C)c(S(=O)(=O)NC(CNC(=O)CCCCCc2ccc3c(n2)N(C(=O)OC(C)(C)C)CCC3)C(=O)OC)c(C)c1. The molecule has 1 aliphatic heterocycles. The van der Waals surface area contributed by atoms with Crippen molar-refractivity contribution in [2.24, 2.45) is 0 Å². The van der Waals surface area contributed by atoms with Gasteiger partial charge in [0.2, 0.25) is 21.8 Å². The molecule has 1 aliphatic rings. The van der Waals surface area contributed by atoms with Crippen LogP contribution in [0.25, 0.3) is 0 Å². The molecule has 1 atom stereocenters. The summed E-state index contributed by atoms with van der Waals surface area (Å²) >= 11 is 0. The van der Waals surface area contributed by atoms with Crippen LogP contribution in [-0.2, 0) is 46.7 Å². The number of aromatic nitrogens is 1. The van der Waals surface area contributed by atoms with E-state index in [1.54, 1.807) is 37.9 Å². The number of carbonyl (C=O) groups is 4. The summed E-state index contributed by atoms with van der Waals surface area (Å²) in [5, 5.41) is 8.41. The fraction of sp³-hybridized carbons (Fsp3) is 0.605. The number of aryl methyl sites for hydroxylation is 4. The lowest BCUT2D eigenvalue weighted by molar-refractivity contribution is -0.142. The smallest absolute Gasteiger partial charge is 0.416 e. The number of likely N-dealkylation sites (N-methyl/N-ethyl adjacent to an activating group) is 1. The third-order valence-electron chi connectivity index (χ3n) is 8.55. The average molecular weight is 775 g/mol. The van der Waals surface area contributed by atoms with Crippen LogP contribution in [-0.4, -0.2) is 95.9 Å². The van der Waals surface area contributed by atoms with Gasteiger partial charge in [-0.2, -0.15) is 4.72 Å². The molecule has 1 aromatic carbocycles. The number of amides is 3. The number of fused-ring (bicyclic) bond motifs is 1. The van der Waals surface area contributed by atoms with Crippen molar-refractivity contribution in [2.75, 3.05) is 51.8 Å². The Balaban J connectivity index is 1.48. The number of methoxy groups -OCH3 is 1. The Morgan fingerprint density at radius 2 is 1.63 bits per heavy atom. The standard InChI is InChI=1S/C38H58N6O9S/c1-26-23-30(52-22-12-16-32(45)40-20-19-39-6)24-27(2)34(26)54(49,50)43-31(36(47)51-7)25-41-33(46)15-10-8-9-14-29-18-17-28-13-11-21-44(35(28)42-29)37(48)53-38(3,4)5/h17-18,23-24,31,39,43H,8-16,19-22,25H2,1-7H3,(H,40,45)(H,41,46). The number of anilines is 1. The first-order chi connectivity index (χ1) is 25.5. The molecule has 0 aliphatic carbocycles. The molecule has 0 fully saturated rings. The number of nitrogens with zero attached hydrogens (tertiary/aromatic N) is 2. The van der Waals surface area contributed by atoms with Gasteiger partial charge in [0.15, 0.2) is 0 Å². The molecule has 54 heavy (non-hydrogen) atoms. The maximum Gasteiger partial charge on any atom is 0.416 e. The maximum atomic E-state index is 13.5. The fourth-order valence-corrected chi connectivity index (χ4v) is 7.64. The first-order valence-electron chi connectivity index (χ1n) is 18.6. The van der Waals surface area contributed by atoms with Gasteiger partial charge in [-0.25, -0.2) is 18.2 Å². The van der Waals surface area contributed by atoms with Gasteiger partial charge in [-0.05, 0) is 115 Å². The second-order valence-corrected chi connectivity index (χ2v) is 16.0. The largest absolute Gasteiger partial charge is 0.494 e. The Morgan fingerprint density at radius 3 is 2.30 bits per heavy atom. The highest BCUT2D eigenvalue weighted by Gasteiger charge is 2.30. The number of hydrogen-bond donors (Lipinski definition) is 4. The zero-order chi connectivity index (χ0) is 39.9. The van der Waals surface area contributed by atoms with Gasteiger partial charge in [0.1, 0.15) is 23.2 Å². The molecule has 1 unspecified atom stereocenters. The minimum Gasteiger partial charge on any atom is -0.494 e. The minimum atomic E-state index is -4.21. The molecule has 15 nitrogen and oxygen atoms in total. The second kappa shape index (κ2) is 21.0. The highest BCUT2D eigenvalue weighted by atomic mass is 32.2. The topological polar surface area (TPSA) is 194 Å². The summed E-state index contributed by atoms with van der Waals surface area (Å²) in [6.07, 6.45) is 5.01. The third-order valence-corrected chi connectivity index (χ3v) is 10.3. The van der Waals surface area contributed by atoms with Crippen molar-refractivity contribution in [3.8, 4) is 5.75 Å². The van der Waals surface area contributed by atoms with Crippen LogP contribution in [0.1, 0.15) is 88.1 Å². The van der Waals surface area contributed by atoms with Gasteiger partial charge < -0.3 is 30.2 Å². The number of benzene rings is 1. The quantitative estimate of drug-likeness (QED) is 0.113. The van der Waals surface area contributed by atoms with Crippen LogP contribution in [0.4, 0.5) is 10.6 Å². The van der Waals surface area contributed by atoms with Gasteiger partial charge >= 0.3 is 12.1 Å². The molecule has 0 radical (unpaired) electrons. The summed E-state index contributed by atoms with van der Waals surface area (Å²) in [7, 11) is -1.26. The molecule has 4 N–H and O–H groups in total. The van der Waals surface area contributed by atoms with E-state index in [-0.39, 0.29) is 36.3 Å². The number of ether oxygens (including phenoxy) is 3. The molecule has 2 heterocycles. The van der Waals surface area contributed by atoms with Gasteiger partial charge in [0.05, 0.1) is 18.6 Å². The number of pyridine rings is 1. The maximum absolute atomic E-state index is 13.5. The normalized spacial score (nSPS) is 13.4. The number of esters is 1. The summed E-state index contributed by atoms with van der Waals surface area (Å²) in [6.45, 7) is 10.5. The molecule has 0 saturated carbocycles. The Labute approximate surface area is 319 Å². The number of nitrogens with one attached hydrogen (secondary N) is 4.